The lowest BCUT2D eigenvalue weighted by Crippen LogP contribution is -2.13. The predicted octanol–water partition coefficient (Wildman–Crippen LogP) is 5.11. The normalized spacial score (nSPS) is 11.3. The van der Waals surface area contributed by atoms with Crippen molar-refractivity contribution in [2.24, 2.45) is 0 Å². The highest BCUT2D eigenvalue weighted by Crippen LogP contribution is 2.32. The molecule has 186 valence electrons. The number of amides is 1. The lowest BCUT2D eigenvalue weighted by molar-refractivity contribution is -0.112. The molecule has 8 nitrogen and oxygen atoms in total. The Bertz CT molecular complexity index is 1410. The number of ether oxygens (including phenoxy) is 2. The lowest BCUT2D eigenvalue weighted by Gasteiger charge is -2.13. The zero-order chi connectivity index (χ0) is 26.1. The highest BCUT2D eigenvalue weighted by Gasteiger charge is 2.20. The molecule has 0 unspecified atom stereocenters. The van der Waals surface area contributed by atoms with Crippen LogP contribution in [0.4, 0.5) is 5.69 Å². The van der Waals surface area contributed by atoms with Gasteiger partial charge in [-0.3, -0.25) is 4.79 Å². The van der Waals surface area contributed by atoms with Crippen molar-refractivity contribution in [3.05, 3.63) is 83.4 Å². The van der Waals surface area contributed by atoms with E-state index in [2.05, 4.69) is 5.32 Å². The number of hydrogen-bond acceptors (Lipinski definition) is 7. The predicted molar refractivity (Wildman–Crippen MR) is 136 cm³/mol. The zero-order valence-corrected chi connectivity index (χ0v) is 21.0. The molecule has 1 amide bonds. The summed E-state index contributed by atoms with van der Waals surface area (Å²) in [7, 11) is -4.09. The Morgan fingerprint density at radius 2 is 1.69 bits per heavy atom. The lowest BCUT2D eigenvalue weighted by atomic mass is 10.1. The Morgan fingerprint density at radius 3 is 2.36 bits per heavy atom. The van der Waals surface area contributed by atoms with E-state index in [0.29, 0.717) is 23.6 Å². The molecule has 0 saturated heterocycles. The van der Waals surface area contributed by atoms with Gasteiger partial charge in [0.25, 0.3) is 5.91 Å². The molecule has 0 atom stereocenters. The van der Waals surface area contributed by atoms with Gasteiger partial charge in [-0.1, -0.05) is 29.8 Å². The minimum absolute atomic E-state index is 0.00901. The zero-order valence-electron chi connectivity index (χ0n) is 20.1. The summed E-state index contributed by atoms with van der Waals surface area (Å²) >= 11 is 0. The summed E-state index contributed by atoms with van der Waals surface area (Å²) in [5, 5.41) is 12.2. The second kappa shape index (κ2) is 11.9. The molecule has 0 aromatic heterocycles. The highest BCUT2D eigenvalue weighted by molar-refractivity contribution is 7.87. The van der Waals surface area contributed by atoms with E-state index in [9.17, 15) is 18.5 Å². The van der Waals surface area contributed by atoms with E-state index in [0.717, 1.165) is 5.56 Å². The molecular weight excluding hydrogens is 480 g/mol. The Morgan fingerprint density at radius 1 is 0.972 bits per heavy atom. The Kier molecular flexibility index (Phi) is 8.71. The minimum atomic E-state index is -4.09. The van der Waals surface area contributed by atoms with E-state index < -0.39 is 16.0 Å². The van der Waals surface area contributed by atoms with Gasteiger partial charge in [0, 0.05) is 11.8 Å². The third kappa shape index (κ3) is 6.87. The van der Waals surface area contributed by atoms with Crippen LogP contribution >= 0.6 is 0 Å². The molecule has 1 N–H and O–H groups in total. The van der Waals surface area contributed by atoms with Crippen molar-refractivity contribution in [3.63, 3.8) is 0 Å². The van der Waals surface area contributed by atoms with Crippen molar-refractivity contribution < 1.29 is 26.9 Å². The summed E-state index contributed by atoms with van der Waals surface area (Å²) in [4.78, 5) is 12.7. The topological polar surface area (TPSA) is 115 Å². The summed E-state index contributed by atoms with van der Waals surface area (Å²) in [6.45, 7) is 6.17. The second-order valence-electron chi connectivity index (χ2n) is 7.57. The van der Waals surface area contributed by atoms with Crippen LogP contribution in [0.15, 0.2) is 77.2 Å². The quantitative estimate of drug-likeness (QED) is 0.231. The molecule has 0 radical (unpaired) electrons. The largest absolute Gasteiger partial charge is 0.494 e. The SMILES string of the molecule is CCOc1cccc(NC(=O)/C(C#N)=C/c2ccc(OS(=O)(=O)c3ccc(C)cc3)c(OCC)c2)c1. The summed E-state index contributed by atoms with van der Waals surface area (Å²) in [6.07, 6.45) is 1.38. The van der Waals surface area contributed by atoms with Gasteiger partial charge >= 0.3 is 10.1 Å². The van der Waals surface area contributed by atoms with Crippen molar-refractivity contribution in [3.8, 4) is 23.3 Å². The van der Waals surface area contributed by atoms with Crippen LogP contribution in [0.5, 0.6) is 17.2 Å². The van der Waals surface area contributed by atoms with Crippen molar-refractivity contribution in [1.82, 2.24) is 0 Å². The van der Waals surface area contributed by atoms with Gasteiger partial charge in [0.1, 0.15) is 22.3 Å². The van der Waals surface area contributed by atoms with E-state index in [1.54, 1.807) is 43.3 Å². The number of benzene rings is 3. The van der Waals surface area contributed by atoms with Crippen LogP contribution in [0.1, 0.15) is 25.0 Å². The summed E-state index contributed by atoms with van der Waals surface area (Å²) in [5.74, 6) is 0.135. The molecule has 9 heteroatoms. The van der Waals surface area contributed by atoms with Gasteiger partial charge < -0.3 is 19.0 Å². The molecule has 0 aliphatic rings. The van der Waals surface area contributed by atoms with Crippen LogP contribution in [0.2, 0.25) is 0 Å². The van der Waals surface area contributed by atoms with Crippen LogP contribution in [0, 0.1) is 18.3 Å². The molecule has 0 saturated carbocycles. The van der Waals surface area contributed by atoms with E-state index in [-0.39, 0.29) is 28.6 Å². The highest BCUT2D eigenvalue weighted by atomic mass is 32.2. The standard InChI is InChI=1S/C27H26N2O6S/c1-4-33-23-8-6-7-22(17-23)29-27(30)21(18-28)15-20-11-14-25(26(16-20)34-5-2)35-36(31,32)24-12-9-19(3)10-13-24/h6-17H,4-5H2,1-3H3,(H,29,30)/b21-15+. The number of nitrogens with zero attached hydrogens (tertiary/aromatic N) is 1. The number of nitrogens with one attached hydrogen (secondary N) is 1. The van der Waals surface area contributed by atoms with Crippen molar-refractivity contribution in [2.45, 2.75) is 25.7 Å². The van der Waals surface area contributed by atoms with Gasteiger partial charge in [0.2, 0.25) is 0 Å². The maximum atomic E-state index is 12.7. The fraction of sp³-hybridized carbons (Fsp3) is 0.185. The van der Waals surface area contributed by atoms with Crippen LogP contribution in [-0.2, 0) is 14.9 Å². The van der Waals surface area contributed by atoms with E-state index >= 15 is 0 Å². The third-order valence-electron chi connectivity index (χ3n) is 4.86. The smallest absolute Gasteiger partial charge is 0.339 e. The molecule has 3 rings (SSSR count). The fourth-order valence-corrected chi connectivity index (χ4v) is 4.11. The Labute approximate surface area is 210 Å². The average Bonchev–Trinajstić information content (AvgIpc) is 2.84. The number of rotatable bonds is 10. The van der Waals surface area contributed by atoms with Gasteiger partial charge in [0.15, 0.2) is 11.5 Å². The van der Waals surface area contributed by atoms with E-state index in [1.165, 1.54) is 36.4 Å². The first-order valence-electron chi connectivity index (χ1n) is 11.2. The number of carbonyl (C=O) groups is 1. The van der Waals surface area contributed by atoms with Crippen LogP contribution in [0.3, 0.4) is 0 Å². The molecule has 0 aliphatic heterocycles. The molecule has 3 aromatic carbocycles. The molecule has 3 aromatic rings. The number of aryl methyl sites for hydroxylation is 1. The molecule has 36 heavy (non-hydrogen) atoms. The van der Waals surface area contributed by atoms with Crippen LogP contribution in [0.25, 0.3) is 6.08 Å². The summed E-state index contributed by atoms with van der Waals surface area (Å²) in [5.41, 5.74) is 1.69. The second-order valence-corrected chi connectivity index (χ2v) is 9.12. The first-order chi connectivity index (χ1) is 17.2. The Balaban J connectivity index is 1.85. The van der Waals surface area contributed by atoms with Crippen molar-refractivity contribution in [1.29, 1.82) is 5.26 Å². The maximum Gasteiger partial charge on any atom is 0.339 e. The molecule has 0 spiro atoms. The van der Waals surface area contributed by atoms with E-state index in [4.69, 9.17) is 13.7 Å². The monoisotopic (exact) mass is 506 g/mol. The minimum Gasteiger partial charge on any atom is -0.494 e. The van der Waals surface area contributed by atoms with Gasteiger partial charge in [-0.15, -0.1) is 0 Å². The number of nitriles is 1. The van der Waals surface area contributed by atoms with Crippen molar-refractivity contribution in [2.75, 3.05) is 18.5 Å². The first kappa shape index (κ1) is 26.3. The van der Waals surface area contributed by atoms with E-state index in [1.807, 2.05) is 19.9 Å². The molecular formula is C27H26N2O6S. The van der Waals surface area contributed by atoms with Crippen LogP contribution < -0.4 is 19.0 Å². The third-order valence-corrected chi connectivity index (χ3v) is 6.10. The summed E-state index contributed by atoms with van der Waals surface area (Å²) in [6, 6.07) is 19.5. The fourth-order valence-electron chi connectivity index (χ4n) is 3.17. The number of hydrogen-bond donors (Lipinski definition) is 1. The molecule has 0 bridgehead atoms. The number of anilines is 1. The maximum absolute atomic E-state index is 12.7. The van der Waals surface area contributed by atoms with Crippen LogP contribution in [-0.4, -0.2) is 27.5 Å². The molecule has 0 heterocycles. The average molecular weight is 507 g/mol. The first-order valence-corrected chi connectivity index (χ1v) is 12.6. The molecule has 0 aliphatic carbocycles. The summed E-state index contributed by atoms with van der Waals surface area (Å²) < 4.78 is 41.7. The van der Waals surface area contributed by atoms with Gasteiger partial charge in [-0.25, -0.2) is 0 Å². The van der Waals surface area contributed by atoms with Gasteiger partial charge in [-0.05, 0) is 68.8 Å². The Hall–Kier alpha value is -4.29. The van der Waals surface area contributed by atoms with Gasteiger partial charge in [-0.2, -0.15) is 13.7 Å². The van der Waals surface area contributed by atoms with Crippen molar-refractivity contribution >= 4 is 27.8 Å². The number of carbonyl (C=O) groups excluding carboxylic acids is 1. The molecule has 0 fully saturated rings. The van der Waals surface area contributed by atoms with Gasteiger partial charge in [0.05, 0.1) is 13.2 Å².